The first-order valence-corrected chi connectivity index (χ1v) is 14.2. The average molecular weight is 555 g/mol. The van der Waals surface area contributed by atoms with Crippen LogP contribution < -0.4 is 5.73 Å². The normalized spacial score (nSPS) is 15.0. The summed E-state index contributed by atoms with van der Waals surface area (Å²) in [6.45, 7) is 4.30. The van der Waals surface area contributed by atoms with Gasteiger partial charge in [-0.05, 0) is 63.3 Å². The zero-order chi connectivity index (χ0) is 27.7. The Hall–Kier alpha value is -4.15. The highest BCUT2D eigenvalue weighted by Crippen LogP contribution is 2.33. The molecule has 0 spiro atoms. The summed E-state index contributed by atoms with van der Waals surface area (Å²) in [6, 6.07) is 15.5. The third kappa shape index (κ3) is 5.45. The topological polar surface area (TPSA) is 124 Å². The van der Waals surface area contributed by atoms with Crippen LogP contribution in [0, 0.1) is 6.92 Å². The molecule has 204 valence electrons. The molecule has 0 aliphatic heterocycles. The monoisotopic (exact) mass is 554 g/mol. The number of rotatable bonds is 9. The number of amides is 1. The molecule has 1 fully saturated rings. The standard InChI is InChI=1S/C30H30N6O3S/c1-19-18-40-25(33-19)17-36(24-9-6-10-24)28(37)23-14-21(26-32-11-12-38-26)13-22(15-23)27-34-35-29(39-27)30(2,31)16-20-7-4-3-5-8-20/h3-5,7-8,11-15,18,24H,6,9-10,16-17,31H2,1-2H3. The maximum atomic E-state index is 14.0. The van der Waals surface area contributed by atoms with E-state index in [2.05, 4.69) is 20.2 Å². The van der Waals surface area contributed by atoms with E-state index in [0.717, 1.165) is 35.5 Å². The lowest BCUT2D eigenvalue weighted by atomic mass is 9.90. The number of benzene rings is 2. The second-order valence-electron chi connectivity index (χ2n) is 10.5. The van der Waals surface area contributed by atoms with E-state index in [1.165, 1.54) is 6.26 Å². The van der Waals surface area contributed by atoms with Crippen LogP contribution in [0.3, 0.4) is 0 Å². The molecule has 1 aliphatic rings. The third-order valence-corrected chi connectivity index (χ3v) is 8.13. The van der Waals surface area contributed by atoms with Crippen LogP contribution in [0.5, 0.6) is 0 Å². The fourth-order valence-corrected chi connectivity index (χ4v) is 5.65. The highest BCUT2D eigenvalue weighted by Gasteiger charge is 2.32. The molecule has 0 bridgehead atoms. The number of oxazole rings is 1. The Labute approximate surface area is 236 Å². The highest BCUT2D eigenvalue weighted by molar-refractivity contribution is 7.09. The molecule has 3 heterocycles. The average Bonchev–Trinajstić information content (AvgIpc) is 3.69. The first-order chi connectivity index (χ1) is 19.4. The molecule has 5 aromatic rings. The largest absolute Gasteiger partial charge is 0.445 e. The minimum atomic E-state index is -0.877. The van der Waals surface area contributed by atoms with E-state index in [1.807, 2.05) is 60.5 Å². The molecule has 6 rings (SSSR count). The Morgan fingerprint density at radius 2 is 1.90 bits per heavy atom. The van der Waals surface area contributed by atoms with Crippen molar-refractivity contribution >= 4 is 17.2 Å². The van der Waals surface area contributed by atoms with Crippen LogP contribution in [0.4, 0.5) is 0 Å². The molecule has 2 aromatic carbocycles. The molecule has 1 saturated carbocycles. The number of nitrogens with two attached hydrogens (primary N) is 1. The fourth-order valence-electron chi connectivity index (χ4n) is 4.88. The summed E-state index contributed by atoms with van der Waals surface area (Å²) in [5.41, 5.74) is 9.50. The van der Waals surface area contributed by atoms with Gasteiger partial charge in [-0.25, -0.2) is 9.97 Å². The molecule has 1 unspecified atom stereocenters. The van der Waals surface area contributed by atoms with Gasteiger partial charge in [-0.15, -0.1) is 21.5 Å². The zero-order valence-electron chi connectivity index (χ0n) is 22.4. The van der Waals surface area contributed by atoms with Crippen molar-refractivity contribution in [2.75, 3.05) is 0 Å². The summed E-state index contributed by atoms with van der Waals surface area (Å²) < 4.78 is 11.7. The van der Waals surface area contributed by atoms with Gasteiger partial charge in [-0.2, -0.15) is 0 Å². The van der Waals surface area contributed by atoms with Crippen molar-refractivity contribution in [1.82, 2.24) is 25.1 Å². The van der Waals surface area contributed by atoms with E-state index < -0.39 is 5.54 Å². The minimum Gasteiger partial charge on any atom is -0.445 e. The second kappa shape index (κ2) is 10.8. The first-order valence-electron chi connectivity index (χ1n) is 13.3. The van der Waals surface area contributed by atoms with Crippen LogP contribution >= 0.6 is 11.3 Å². The lowest BCUT2D eigenvalue weighted by Crippen LogP contribution is -2.43. The van der Waals surface area contributed by atoms with E-state index in [1.54, 1.807) is 29.7 Å². The van der Waals surface area contributed by atoms with Crippen LogP contribution in [0.25, 0.3) is 22.9 Å². The van der Waals surface area contributed by atoms with Crippen molar-refractivity contribution in [3.8, 4) is 22.9 Å². The van der Waals surface area contributed by atoms with Crippen molar-refractivity contribution < 1.29 is 13.6 Å². The van der Waals surface area contributed by atoms with Gasteiger partial charge in [0.05, 0.1) is 18.3 Å². The number of carbonyl (C=O) groups is 1. The van der Waals surface area contributed by atoms with E-state index in [4.69, 9.17) is 14.6 Å². The maximum absolute atomic E-state index is 14.0. The number of nitrogens with zero attached hydrogens (tertiary/aromatic N) is 5. The molecule has 1 amide bonds. The molecule has 40 heavy (non-hydrogen) atoms. The molecule has 10 heteroatoms. The Morgan fingerprint density at radius 3 is 2.55 bits per heavy atom. The van der Waals surface area contributed by atoms with Gasteiger partial charge in [0.2, 0.25) is 17.7 Å². The maximum Gasteiger partial charge on any atom is 0.254 e. The summed E-state index contributed by atoms with van der Waals surface area (Å²) in [6.07, 6.45) is 6.67. The molecular weight excluding hydrogens is 524 g/mol. The van der Waals surface area contributed by atoms with Crippen LogP contribution in [-0.2, 0) is 18.5 Å². The van der Waals surface area contributed by atoms with E-state index in [0.29, 0.717) is 41.4 Å². The van der Waals surface area contributed by atoms with Gasteiger partial charge in [0.1, 0.15) is 11.3 Å². The van der Waals surface area contributed by atoms with Gasteiger partial charge >= 0.3 is 0 Å². The summed E-state index contributed by atoms with van der Waals surface area (Å²) in [4.78, 5) is 24.9. The number of hydrogen-bond donors (Lipinski definition) is 1. The van der Waals surface area contributed by atoms with Crippen LogP contribution in [0.1, 0.15) is 58.7 Å². The molecule has 1 atom stereocenters. The Morgan fingerprint density at radius 1 is 1.12 bits per heavy atom. The SMILES string of the molecule is Cc1csc(CN(C(=O)c2cc(-c3ncco3)cc(-c3nnc(C(C)(N)Cc4ccccc4)o3)c2)C2CCC2)n1. The van der Waals surface area contributed by atoms with Crippen LogP contribution in [0.2, 0.25) is 0 Å². The van der Waals surface area contributed by atoms with Gasteiger partial charge < -0.3 is 19.5 Å². The quantitative estimate of drug-likeness (QED) is 0.244. The van der Waals surface area contributed by atoms with Gasteiger partial charge in [-0.1, -0.05) is 30.3 Å². The van der Waals surface area contributed by atoms with Crippen molar-refractivity contribution in [1.29, 1.82) is 0 Å². The number of thiazole rings is 1. The predicted octanol–water partition coefficient (Wildman–Crippen LogP) is 5.77. The Kier molecular flexibility index (Phi) is 7.03. The van der Waals surface area contributed by atoms with Crippen molar-refractivity contribution in [3.63, 3.8) is 0 Å². The Balaban J connectivity index is 1.35. The van der Waals surface area contributed by atoms with Crippen LogP contribution in [-0.4, -0.2) is 37.0 Å². The molecule has 9 nitrogen and oxygen atoms in total. The van der Waals surface area contributed by atoms with E-state index in [-0.39, 0.29) is 17.8 Å². The Bertz CT molecular complexity index is 1610. The summed E-state index contributed by atoms with van der Waals surface area (Å²) >= 11 is 1.57. The van der Waals surface area contributed by atoms with E-state index in [9.17, 15) is 4.79 Å². The molecular formula is C30H30N6O3S. The molecule has 0 saturated heterocycles. The summed E-state index contributed by atoms with van der Waals surface area (Å²) in [5, 5.41) is 11.5. The van der Waals surface area contributed by atoms with Gasteiger partial charge in [-0.3, -0.25) is 4.79 Å². The van der Waals surface area contributed by atoms with Gasteiger partial charge in [0.25, 0.3) is 5.91 Å². The molecule has 3 aromatic heterocycles. The molecule has 1 aliphatic carbocycles. The van der Waals surface area contributed by atoms with Crippen molar-refractivity contribution in [3.05, 3.63) is 94.1 Å². The number of carbonyl (C=O) groups excluding carboxylic acids is 1. The fraction of sp³-hybridized carbons (Fsp3) is 0.300. The second-order valence-corrected chi connectivity index (χ2v) is 11.5. The smallest absolute Gasteiger partial charge is 0.254 e. The van der Waals surface area contributed by atoms with Crippen molar-refractivity contribution in [2.45, 2.75) is 57.7 Å². The summed E-state index contributed by atoms with van der Waals surface area (Å²) in [5.74, 6) is 0.901. The number of aryl methyl sites for hydroxylation is 1. The lowest BCUT2D eigenvalue weighted by Gasteiger charge is -2.37. The molecule has 2 N–H and O–H groups in total. The van der Waals surface area contributed by atoms with Gasteiger partial charge in [0, 0.05) is 33.8 Å². The number of aromatic nitrogens is 4. The predicted molar refractivity (Wildman–Crippen MR) is 151 cm³/mol. The summed E-state index contributed by atoms with van der Waals surface area (Å²) in [7, 11) is 0. The molecule has 0 radical (unpaired) electrons. The zero-order valence-corrected chi connectivity index (χ0v) is 23.2. The van der Waals surface area contributed by atoms with E-state index >= 15 is 0 Å². The highest BCUT2D eigenvalue weighted by atomic mass is 32.1. The first kappa shape index (κ1) is 26.1. The third-order valence-electron chi connectivity index (χ3n) is 7.18. The van der Waals surface area contributed by atoms with Crippen LogP contribution in [0.15, 0.2) is 75.2 Å². The van der Waals surface area contributed by atoms with Crippen molar-refractivity contribution in [2.24, 2.45) is 5.73 Å². The minimum absolute atomic E-state index is 0.0836. The number of hydrogen-bond acceptors (Lipinski definition) is 9. The van der Waals surface area contributed by atoms with Gasteiger partial charge in [0.15, 0.2) is 0 Å². The lowest BCUT2D eigenvalue weighted by molar-refractivity contribution is 0.0556.